The van der Waals surface area contributed by atoms with Crippen LogP contribution in [0.25, 0.3) is 0 Å². The number of anilines is 1. The van der Waals surface area contributed by atoms with Gasteiger partial charge >= 0.3 is 0 Å². The quantitative estimate of drug-likeness (QED) is 0.908. The second-order valence-corrected chi connectivity index (χ2v) is 4.48. The molecule has 20 heavy (non-hydrogen) atoms. The number of hydrogen-bond donors (Lipinski definition) is 2. The summed E-state index contributed by atoms with van der Waals surface area (Å²) in [6, 6.07) is 9.52. The molecule has 1 heterocycles. The van der Waals surface area contributed by atoms with E-state index in [-0.39, 0.29) is 18.3 Å². The van der Waals surface area contributed by atoms with Gasteiger partial charge in [-0.3, -0.25) is 9.48 Å². The Balaban J connectivity index is 0.00000200. The molecule has 108 valence electrons. The van der Waals surface area contributed by atoms with E-state index in [4.69, 9.17) is 0 Å². The summed E-state index contributed by atoms with van der Waals surface area (Å²) in [6.07, 6.45) is 0. The van der Waals surface area contributed by atoms with Crippen molar-refractivity contribution in [2.24, 2.45) is 7.05 Å². The average molecular weight is 295 g/mol. The van der Waals surface area contributed by atoms with Crippen LogP contribution in [0.3, 0.4) is 0 Å². The van der Waals surface area contributed by atoms with Gasteiger partial charge in [-0.1, -0.05) is 12.1 Å². The Bertz CT molecular complexity index is 575. The summed E-state index contributed by atoms with van der Waals surface area (Å²) < 4.78 is 1.69. The molecule has 1 aromatic carbocycles. The number of nitrogens with one attached hydrogen (secondary N) is 2. The molecule has 2 N–H and O–H groups in total. The number of rotatable bonds is 4. The Labute approximate surface area is 124 Å². The van der Waals surface area contributed by atoms with Crippen LogP contribution in [0.15, 0.2) is 30.3 Å². The van der Waals surface area contributed by atoms with Crippen LogP contribution >= 0.6 is 12.4 Å². The number of carbonyl (C=O) groups excluding carboxylic acids is 1. The highest BCUT2D eigenvalue weighted by molar-refractivity contribution is 6.02. The van der Waals surface area contributed by atoms with Gasteiger partial charge in [0, 0.05) is 25.0 Å². The monoisotopic (exact) mass is 294 g/mol. The number of carbonyl (C=O) groups is 1. The van der Waals surface area contributed by atoms with Gasteiger partial charge in [0.15, 0.2) is 5.69 Å². The van der Waals surface area contributed by atoms with E-state index >= 15 is 0 Å². The summed E-state index contributed by atoms with van der Waals surface area (Å²) in [5.41, 5.74) is 3.28. The first-order chi connectivity index (χ1) is 9.10. The SMILES string of the molecule is CNCc1cccc(NC(=O)c2cc(C)n(C)n2)c1.Cl. The lowest BCUT2D eigenvalue weighted by atomic mass is 10.2. The van der Waals surface area contributed by atoms with Crippen LogP contribution in [-0.4, -0.2) is 22.7 Å². The van der Waals surface area contributed by atoms with Crippen molar-refractivity contribution < 1.29 is 4.79 Å². The first kappa shape index (κ1) is 16.2. The lowest BCUT2D eigenvalue weighted by Crippen LogP contribution is -2.13. The molecule has 6 heteroatoms. The van der Waals surface area contributed by atoms with Crippen LogP contribution in [0, 0.1) is 6.92 Å². The minimum Gasteiger partial charge on any atom is -0.321 e. The molecule has 1 amide bonds. The van der Waals surface area contributed by atoms with Crippen LogP contribution in [0.2, 0.25) is 0 Å². The Morgan fingerprint density at radius 3 is 2.70 bits per heavy atom. The highest BCUT2D eigenvalue weighted by atomic mass is 35.5. The lowest BCUT2D eigenvalue weighted by Gasteiger charge is -2.06. The van der Waals surface area contributed by atoms with E-state index in [0.29, 0.717) is 5.69 Å². The van der Waals surface area contributed by atoms with Crippen LogP contribution in [0.5, 0.6) is 0 Å². The second kappa shape index (κ2) is 7.07. The molecule has 0 atom stereocenters. The molecule has 0 radical (unpaired) electrons. The van der Waals surface area contributed by atoms with E-state index in [2.05, 4.69) is 15.7 Å². The average Bonchev–Trinajstić information content (AvgIpc) is 2.71. The van der Waals surface area contributed by atoms with Gasteiger partial charge in [-0.2, -0.15) is 5.10 Å². The Hall–Kier alpha value is -1.85. The molecule has 2 aromatic rings. The fourth-order valence-corrected chi connectivity index (χ4v) is 1.83. The number of halogens is 1. The first-order valence-electron chi connectivity index (χ1n) is 6.15. The summed E-state index contributed by atoms with van der Waals surface area (Å²) in [6.45, 7) is 2.68. The highest BCUT2D eigenvalue weighted by Crippen LogP contribution is 2.12. The standard InChI is InChI=1S/C14H18N4O.ClH/c1-10-7-13(17-18(10)3)14(19)16-12-6-4-5-11(8-12)9-15-2;/h4-8,15H,9H2,1-3H3,(H,16,19);1H. The molecule has 0 aliphatic rings. The van der Waals surface area contributed by atoms with Crippen molar-refractivity contribution in [2.75, 3.05) is 12.4 Å². The number of aromatic nitrogens is 2. The van der Waals surface area contributed by atoms with Crippen molar-refractivity contribution in [1.29, 1.82) is 0 Å². The van der Waals surface area contributed by atoms with Gasteiger partial charge in [0.25, 0.3) is 5.91 Å². The van der Waals surface area contributed by atoms with Crippen molar-refractivity contribution in [3.8, 4) is 0 Å². The van der Waals surface area contributed by atoms with Gasteiger partial charge in [-0.05, 0) is 37.7 Å². The summed E-state index contributed by atoms with van der Waals surface area (Å²) in [5.74, 6) is -0.190. The van der Waals surface area contributed by atoms with Crippen molar-refractivity contribution in [3.05, 3.63) is 47.3 Å². The number of benzene rings is 1. The number of aryl methyl sites for hydroxylation is 2. The van der Waals surface area contributed by atoms with Crippen LogP contribution in [0.4, 0.5) is 5.69 Å². The zero-order valence-electron chi connectivity index (χ0n) is 11.8. The maximum Gasteiger partial charge on any atom is 0.276 e. The zero-order valence-corrected chi connectivity index (χ0v) is 12.6. The van der Waals surface area contributed by atoms with Crippen molar-refractivity contribution >= 4 is 24.0 Å². The van der Waals surface area contributed by atoms with Crippen LogP contribution in [0.1, 0.15) is 21.7 Å². The van der Waals surface area contributed by atoms with E-state index < -0.39 is 0 Å². The Morgan fingerprint density at radius 2 is 2.10 bits per heavy atom. The maximum atomic E-state index is 12.0. The molecule has 0 fully saturated rings. The van der Waals surface area contributed by atoms with Gasteiger partial charge in [0.2, 0.25) is 0 Å². The maximum absolute atomic E-state index is 12.0. The van der Waals surface area contributed by atoms with Gasteiger partial charge in [-0.15, -0.1) is 12.4 Å². The third-order valence-corrected chi connectivity index (χ3v) is 2.91. The number of hydrogen-bond acceptors (Lipinski definition) is 3. The van der Waals surface area contributed by atoms with Crippen LogP contribution < -0.4 is 10.6 Å². The molecule has 0 unspecified atom stereocenters. The molecule has 0 spiro atoms. The largest absolute Gasteiger partial charge is 0.321 e. The molecular formula is C14H19ClN4O. The molecule has 1 aromatic heterocycles. The van der Waals surface area contributed by atoms with Crippen LogP contribution in [-0.2, 0) is 13.6 Å². The normalized spacial score (nSPS) is 9.95. The third-order valence-electron chi connectivity index (χ3n) is 2.91. The number of nitrogens with zero attached hydrogens (tertiary/aromatic N) is 2. The molecule has 0 aliphatic carbocycles. The molecule has 0 aliphatic heterocycles. The summed E-state index contributed by atoms with van der Waals surface area (Å²) in [5, 5.41) is 10.1. The Kier molecular flexibility index (Phi) is 5.73. The lowest BCUT2D eigenvalue weighted by molar-refractivity contribution is 0.102. The van der Waals surface area contributed by atoms with E-state index in [1.54, 1.807) is 10.7 Å². The van der Waals surface area contributed by atoms with E-state index in [1.165, 1.54) is 0 Å². The fourth-order valence-electron chi connectivity index (χ4n) is 1.83. The topological polar surface area (TPSA) is 58.9 Å². The van der Waals surface area contributed by atoms with Gasteiger partial charge in [0.1, 0.15) is 0 Å². The Morgan fingerprint density at radius 1 is 1.35 bits per heavy atom. The molecule has 0 bridgehead atoms. The molecule has 0 saturated carbocycles. The van der Waals surface area contributed by atoms with E-state index in [0.717, 1.165) is 23.5 Å². The van der Waals surface area contributed by atoms with Gasteiger partial charge < -0.3 is 10.6 Å². The van der Waals surface area contributed by atoms with Gasteiger partial charge in [0.05, 0.1) is 0 Å². The van der Waals surface area contributed by atoms with Crippen molar-refractivity contribution in [2.45, 2.75) is 13.5 Å². The number of amides is 1. The fraction of sp³-hybridized carbons (Fsp3) is 0.286. The molecule has 0 saturated heterocycles. The molecule has 2 rings (SSSR count). The minimum absolute atomic E-state index is 0. The van der Waals surface area contributed by atoms with Crippen molar-refractivity contribution in [1.82, 2.24) is 15.1 Å². The predicted octanol–water partition coefficient (Wildman–Crippen LogP) is 2.12. The second-order valence-electron chi connectivity index (χ2n) is 4.48. The predicted molar refractivity (Wildman–Crippen MR) is 82.4 cm³/mol. The zero-order chi connectivity index (χ0) is 13.8. The van der Waals surface area contributed by atoms with Crippen molar-refractivity contribution in [3.63, 3.8) is 0 Å². The smallest absolute Gasteiger partial charge is 0.276 e. The molecular weight excluding hydrogens is 276 g/mol. The molecule has 5 nitrogen and oxygen atoms in total. The summed E-state index contributed by atoms with van der Waals surface area (Å²) in [7, 11) is 3.71. The first-order valence-corrected chi connectivity index (χ1v) is 6.15. The van der Waals surface area contributed by atoms with E-state index in [9.17, 15) is 4.79 Å². The highest BCUT2D eigenvalue weighted by Gasteiger charge is 2.11. The third kappa shape index (κ3) is 3.82. The van der Waals surface area contributed by atoms with E-state index in [1.807, 2.05) is 45.3 Å². The summed E-state index contributed by atoms with van der Waals surface area (Å²) >= 11 is 0. The minimum atomic E-state index is -0.190. The summed E-state index contributed by atoms with van der Waals surface area (Å²) in [4.78, 5) is 12.0. The van der Waals surface area contributed by atoms with Gasteiger partial charge in [-0.25, -0.2) is 0 Å².